The third-order valence-electron chi connectivity index (χ3n) is 4.36. The first kappa shape index (κ1) is 18.0. The fourth-order valence-corrected chi connectivity index (χ4v) is 3.14. The van der Waals surface area contributed by atoms with Gasteiger partial charge in [0.25, 0.3) is 0 Å². The zero-order chi connectivity index (χ0) is 19.7. The van der Waals surface area contributed by atoms with Crippen LogP contribution in [0.5, 0.6) is 5.75 Å². The molecule has 4 aromatic rings. The number of nitrogens with zero attached hydrogens (tertiary/aromatic N) is 2. The molecule has 0 radical (unpaired) electrons. The van der Waals surface area contributed by atoms with Gasteiger partial charge in [0, 0.05) is 27.7 Å². The first-order chi connectivity index (χ1) is 13.6. The first-order valence-electron chi connectivity index (χ1n) is 8.47. The quantitative estimate of drug-likeness (QED) is 0.389. The average Bonchev–Trinajstić information content (AvgIpc) is 2.74. The molecule has 0 unspecified atom stereocenters. The summed E-state index contributed by atoms with van der Waals surface area (Å²) in [6, 6.07) is 14.6. The largest absolute Gasteiger partial charge is 0.497 e. The maximum atomic E-state index is 12.0. The van der Waals surface area contributed by atoms with Gasteiger partial charge in [0.1, 0.15) is 11.6 Å². The summed E-state index contributed by atoms with van der Waals surface area (Å²) >= 11 is 6.16. The average molecular weight is 394 g/mol. The first-order valence-corrected chi connectivity index (χ1v) is 8.85. The summed E-state index contributed by atoms with van der Waals surface area (Å²) in [6.07, 6.45) is 1.49. The number of rotatable bonds is 4. The van der Waals surface area contributed by atoms with Crippen molar-refractivity contribution in [3.05, 3.63) is 65.3 Å². The third kappa shape index (κ3) is 3.30. The number of esters is 1. The van der Waals surface area contributed by atoms with Crippen LogP contribution in [0.25, 0.3) is 21.8 Å². The monoisotopic (exact) mass is 393 g/mol. The van der Waals surface area contributed by atoms with Crippen LogP contribution >= 0.6 is 11.6 Å². The number of pyridine rings is 2. The molecule has 28 heavy (non-hydrogen) atoms. The number of fused-ring (bicyclic) bond motifs is 3. The Morgan fingerprint density at radius 3 is 2.54 bits per heavy atom. The molecule has 0 fully saturated rings. The van der Waals surface area contributed by atoms with Gasteiger partial charge in [0.2, 0.25) is 0 Å². The van der Waals surface area contributed by atoms with Crippen molar-refractivity contribution in [2.45, 2.75) is 0 Å². The van der Waals surface area contributed by atoms with E-state index >= 15 is 0 Å². The Kier molecular flexibility index (Phi) is 4.71. The SMILES string of the molecule is COC(=O)c1cnc2c(c1)c(Nc1ccc(OC)cc1)nc1ccc(Cl)cc12. The van der Waals surface area contributed by atoms with Crippen molar-refractivity contribution in [3.63, 3.8) is 0 Å². The van der Waals surface area contributed by atoms with Crippen molar-refractivity contribution in [2.75, 3.05) is 19.5 Å². The number of nitrogens with one attached hydrogen (secondary N) is 1. The Morgan fingerprint density at radius 2 is 1.82 bits per heavy atom. The molecule has 0 saturated heterocycles. The molecule has 0 saturated carbocycles. The lowest BCUT2D eigenvalue weighted by molar-refractivity contribution is 0.0600. The second-order valence-electron chi connectivity index (χ2n) is 6.09. The van der Waals surface area contributed by atoms with E-state index in [0.717, 1.165) is 22.3 Å². The van der Waals surface area contributed by atoms with Crippen molar-refractivity contribution in [3.8, 4) is 5.75 Å². The van der Waals surface area contributed by atoms with Crippen LogP contribution in [0.15, 0.2) is 54.7 Å². The van der Waals surface area contributed by atoms with Gasteiger partial charge in [-0.3, -0.25) is 4.98 Å². The van der Waals surface area contributed by atoms with E-state index in [1.165, 1.54) is 13.3 Å². The van der Waals surface area contributed by atoms with Crippen LogP contribution in [0.4, 0.5) is 11.5 Å². The topological polar surface area (TPSA) is 73.3 Å². The molecule has 0 aliphatic carbocycles. The standard InChI is InChI=1S/C21H16ClN3O3/c1-27-15-6-4-14(5-7-15)24-20-17-9-12(21(26)28-2)11-23-19(17)16-10-13(22)3-8-18(16)25-20/h3-11H,1-2H3,(H,24,25). The number of halogens is 1. The van der Waals surface area contributed by atoms with E-state index in [9.17, 15) is 4.79 Å². The fraction of sp³-hybridized carbons (Fsp3) is 0.0952. The van der Waals surface area contributed by atoms with Gasteiger partial charge >= 0.3 is 5.97 Å². The zero-order valence-electron chi connectivity index (χ0n) is 15.2. The highest BCUT2D eigenvalue weighted by molar-refractivity contribution is 6.31. The number of anilines is 2. The molecule has 1 N–H and O–H groups in total. The lowest BCUT2D eigenvalue weighted by Crippen LogP contribution is -2.03. The minimum atomic E-state index is -0.462. The predicted molar refractivity (Wildman–Crippen MR) is 110 cm³/mol. The molecule has 4 rings (SSSR count). The Balaban J connectivity index is 1.92. The van der Waals surface area contributed by atoms with E-state index < -0.39 is 5.97 Å². The molecule has 6 nitrogen and oxygen atoms in total. The minimum absolute atomic E-state index is 0.343. The summed E-state index contributed by atoms with van der Waals surface area (Å²) in [5, 5.41) is 5.38. The summed E-state index contributed by atoms with van der Waals surface area (Å²) in [7, 11) is 2.95. The molecule has 2 aromatic carbocycles. The Morgan fingerprint density at radius 1 is 1.04 bits per heavy atom. The van der Waals surface area contributed by atoms with Crippen LogP contribution < -0.4 is 10.1 Å². The molecular weight excluding hydrogens is 378 g/mol. The molecule has 0 amide bonds. The van der Waals surface area contributed by atoms with Crippen LogP contribution in [0.1, 0.15) is 10.4 Å². The van der Waals surface area contributed by atoms with Gasteiger partial charge in [-0.1, -0.05) is 11.6 Å². The van der Waals surface area contributed by atoms with E-state index in [-0.39, 0.29) is 0 Å². The van der Waals surface area contributed by atoms with Crippen LogP contribution in [0, 0.1) is 0 Å². The lowest BCUT2D eigenvalue weighted by atomic mass is 10.1. The Bertz CT molecular complexity index is 1190. The van der Waals surface area contributed by atoms with Gasteiger partial charge < -0.3 is 14.8 Å². The molecule has 0 bridgehead atoms. The second-order valence-corrected chi connectivity index (χ2v) is 6.52. The summed E-state index contributed by atoms with van der Waals surface area (Å²) in [4.78, 5) is 21.2. The normalized spacial score (nSPS) is 10.8. The summed E-state index contributed by atoms with van der Waals surface area (Å²) in [5.41, 5.74) is 2.60. The predicted octanol–water partition coefficient (Wildman–Crippen LogP) is 4.98. The molecule has 0 atom stereocenters. The number of methoxy groups -OCH3 is 2. The maximum absolute atomic E-state index is 12.0. The van der Waals surface area contributed by atoms with Gasteiger partial charge in [-0.25, -0.2) is 9.78 Å². The van der Waals surface area contributed by atoms with Gasteiger partial charge in [-0.2, -0.15) is 0 Å². The lowest BCUT2D eigenvalue weighted by Gasteiger charge is -2.12. The summed E-state index contributed by atoms with van der Waals surface area (Å²) in [5.74, 6) is 0.871. The number of ether oxygens (including phenoxy) is 2. The minimum Gasteiger partial charge on any atom is -0.497 e. The smallest absolute Gasteiger partial charge is 0.339 e. The zero-order valence-corrected chi connectivity index (χ0v) is 15.9. The van der Waals surface area contributed by atoms with E-state index in [1.54, 1.807) is 19.2 Å². The molecular formula is C21H16ClN3O3. The molecule has 0 aliphatic heterocycles. The number of benzene rings is 2. The van der Waals surface area contributed by atoms with Crippen molar-refractivity contribution in [2.24, 2.45) is 0 Å². The number of hydrogen-bond acceptors (Lipinski definition) is 6. The summed E-state index contributed by atoms with van der Waals surface area (Å²) < 4.78 is 10.0. The van der Waals surface area contributed by atoms with E-state index in [4.69, 9.17) is 26.1 Å². The van der Waals surface area contributed by atoms with Crippen molar-refractivity contribution >= 4 is 50.9 Å². The van der Waals surface area contributed by atoms with Gasteiger partial charge in [-0.15, -0.1) is 0 Å². The highest BCUT2D eigenvalue weighted by Crippen LogP contribution is 2.32. The van der Waals surface area contributed by atoms with Crippen molar-refractivity contribution in [1.29, 1.82) is 0 Å². The second kappa shape index (κ2) is 7.32. The number of carbonyl (C=O) groups excluding carboxylic acids is 1. The van der Waals surface area contributed by atoms with E-state index in [0.29, 0.717) is 27.3 Å². The molecule has 2 heterocycles. The van der Waals surface area contributed by atoms with Crippen LogP contribution in [0.2, 0.25) is 5.02 Å². The van der Waals surface area contributed by atoms with Crippen LogP contribution in [-0.2, 0) is 4.74 Å². The molecule has 140 valence electrons. The van der Waals surface area contributed by atoms with Gasteiger partial charge in [0.05, 0.1) is 30.8 Å². The summed E-state index contributed by atoms with van der Waals surface area (Å²) in [6.45, 7) is 0. The highest BCUT2D eigenvalue weighted by atomic mass is 35.5. The van der Waals surface area contributed by atoms with Gasteiger partial charge in [0.15, 0.2) is 0 Å². The van der Waals surface area contributed by atoms with Crippen LogP contribution in [-0.4, -0.2) is 30.2 Å². The fourth-order valence-electron chi connectivity index (χ4n) is 2.97. The Hall–Kier alpha value is -3.38. The van der Waals surface area contributed by atoms with Crippen molar-refractivity contribution in [1.82, 2.24) is 9.97 Å². The number of aromatic nitrogens is 2. The van der Waals surface area contributed by atoms with E-state index in [2.05, 4.69) is 10.3 Å². The Labute approximate surface area is 166 Å². The van der Waals surface area contributed by atoms with Crippen molar-refractivity contribution < 1.29 is 14.3 Å². The van der Waals surface area contributed by atoms with E-state index in [1.807, 2.05) is 36.4 Å². The highest BCUT2D eigenvalue weighted by Gasteiger charge is 2.14. The number of carbonyl (C=O) groups is 1. The molecule has 0 spiro atoms. The van der Waals surface area contributed by atoms with Gasteiger partial charge in [-0.05, 0) is 48.5 Å². The number of hydrogen-bond donors (Lipinski definition) is 1. The van der Waals surface area contributed by atoms with Crippen LogP contribution in [0.3, 0.4) is 0 Å². The maximum Gasteiger partial charge on any atom is 0.339 e. The molecule has 0 aliphatic rings. The molecule has 7 heteroatoms. The molecule has 2 aromatic heterocycles. The third-order valence-corrected chi connectivity index (χ3v) is 4.60.